The van der Waals surface area contributed by atoms with Gasteiger partial charge in [0.25, 0.3) is 0 Å². The highest BCUT2D eigenvalue weighted by Gasteiger charge is 2.11. The molecule has 0 amide bonds. The average Bonchev–Trinajstić information content (AvgIpc) is 2.81. The molecule has 4 heteroatoms. The normalized spacial score (nSPS) is 11.9. The molecular weight excluding hydrogens is 376 g/mol. The third kappa shape index (κ3) is 6.33. The van der Waals surface area contributed by atoms with Crippen LogP contribution >= 0.6 is 0 Å². The number of benzene rings is 3. The summed E-state index contributed by atoms with van der Waals surface area (Å²) in [5.41, 5.74) is 4.32. The molecule has 0 aliphatic carbocycles. The lowest BCUT2D eigenvalue weighted by atomic mass is 10.00. The van der Waals surface area contributed by atoms with Crippen molar-refractivity contribution in [3.05, 3.63) is 107 Å². The van der Waals surface area contributed by atoms with Gasteiger partial charge in [0.2, 0.25) is 0 Å². The van der Waals surface area contributed by atoms with Crippen molar-refractivity contribution in [3.8, 4) is 5.75 Å². The molecule has 3 aromatic rings. The minimum atomic E-state index is -0.370. The highest BCUT2D eigenvalue weighted by atomic mass is 16.5. The largest absolute Gasteiger partial charge is 0.489 e. The maximum atomic E-state index is 11.2. The van der Waals surface area contributed by atoms with E-state index in [1.165, 1.54) is 18.7 Å². The van der Waals surface area contributed by atoms with Crippen LogP contribution in [0.25, 0.3) is 6.08 Å². The van der Waals surface area contributed by atoms with E-state index in [-0.39, 0.29) is 12.1 Å². The molecule has 0 saturated carbocycles. The molecule has 3 aromatic carbocycles. The third-order valence-electron chi connectivity index (χ3n) is 4.80. The van der Waals surface area contributed by atoms with Gasteiger partial charge in [0.1, 0.15) is 12.4 Å². The number of carbonyl (C=O) groups excluding carboxylic acids is 1. The van der Waals surface area contributed by atoms with E-state index in [1.54, 1.807) is 13.2 Å². The van der Waals surface area contributed by atoms with Crippen molar-refractivity contribution >= 4 is 12.0 Å². The number of methoxy groups -OCH3 is 2. The van der Waals surface area contributed by atoms with Gasteiger partial charge in [0.05, 0.1) is 13.2 Å². The molecule has 0 aliphatic heterocycles. The molecule has 0 bridgehead atoms. The van der Waals surface area contributed by atoms with Crippen LogP contribution in [0.2, 0.25) is 0 Å². The Labute approximate surface area is 177 Å². The van der Waals surface area contributed by atoms with Gasteiger partial charge in [-0.15, -0.1) is 0 Å². The highest BCUT2D eigenvalue weighted by molar-refractivity contribution is 5.86. The van der Waals surface area contributed by atoms with Crippen LogP contribution in [-0.2, 0) is 27.3 Å². The molecule has 0 aliphatic rings. The summed E-state index contributed by atoms with van der Waals surface area (Å²) < 4.78 is 16.2. The Morgan fingerprint density at radius 2 is 1.57 bits per heavy atom. The summed E-state index contributed by atoms with van der Waals surface area (Å²) >= 11 is 0. The standard InChI is InChI=1S/C26H26O4/c1-28-25(23-13-8-20(9-14-23)12-17-26(27)29-2)18-21-10-15-24(16-11-21)30-19-22-6-4-3-5-7-22/h3-17,25H,18-19H2,1-2H3/b17-12+. The lowest BCUT2D eigenvalue weighted by Crippen LogP contribution is -2.05. The second kappa shape index (κ2) is 11.0. The van der Waals surface area contributed by atoms with E-state index >= 15 is 0 Å². The van der Waals surface area contributed by atoms with Crippen molar-refractivity contribution in [2.75, 3.05) is 14.2 Å². The van der Waals surface area contributed by atoms with Crippen LogP contribution in [0.15, 0.2) is 84.9 Å². The molecule has 3 rings (SSSR count). The Morgan fingerprint density at radius 3 is 2.20 bits per heavy atom. The van der Waals surface area contributed by atoms with Crippen molar-refractivity contribution in [1.82, 2.24) is 0 Å². The predicted molar refractivity (Wildman–Crippen MR) is 118 cm³/mol. The topological polar surface area (TPSA) is 44.8 Å². The molecule has 154 valence electrons. The van der Waals surface area contributed by atoms with E-state index in [2.05, 4.69) is 16.9 Å². The Kier molecular flexibility index (Phi) is 7.81. The Bertz CT molecular complexity index is 945. The van der Waals surface area contributed by atoms with E-state index in [0.717, 1.165) is 28.9 Å². The second-order valence-electron chi connectivity index (χ2n) is 6.87. The zero-order chi connectivity index (χ0) is 21.2. The summed E-state index contributed by atoms with van der Waals surface area (Å²) in [5.74, 6) is 0.475. The fraction of sp³-hybridized carbons (Fsp3) is 0.192. The van der Waals surface area contributed by atoms with Crippen molar-refractivity contribution in [1.29, 1.82) is 0 Å². The quantitative estimate of drug-likeness (QED) is 0.356. The first-order valence-corrected chi connectivity index (χ1v) is 9.82. The maximum Gasteiger partial charge on any atom is 0.330 e. The van der Waals surface area contributed by atoms with E-state index in [1.807, 2.05) is 66.7 Å². The smallest absolute Gasteiger partial charge is 0.330 e. The molecule has 1 unspecified atom stereocenters. The van der Waals surface area contributed by atoms with Crippen LogP contribution < -0.4 is 4.74 Å². The highest BCUT2D eigenvalue weighted by Crippen LogP contribution is 2.24. The number of rotatable bonds is 9. The van der Waals surface area contributed by atoms with Crippen molar-refractivity contribution < 1.29 is 19.0 Å². The minimum absolute atomic E-state index is 0.0558. The number of carbonyl (C=O) groups is 1. The molecule has 4 nitrogen and oxygen atoms in total. The molecule has 0 radical (unpaired) electrons. The number of hydrogen-bond acceptors (Lipinski definition) is 4. The summed E-state index contributed by atoms with van der Waals surface area (Å²) in [6, 6.07) is 26.2. The fourth-order valence-electron chi connectivity index (χ4n) is 3.07. The van der Waals surface area contributed by atoms with E-state index in [9.17, 15) is 4.79 Å². The zero-order valence-corrected chi connectivity index (χ0v) is 17.3. The first kappa shape index (κ1) is 21.3. The molecule has 0 N–H and O–H groups in total. The molecule has 30 heavy (non-hydrogen) atoms. The van der Waals surface area contributed by atoms with Gasteiger partial charge < -0.3 is 14.2 Å². The van der Waals surface area contributed by atoms with Gasteiger partial charge >= 0.3 is 5.97 Å². The number of esters is 1. The van der Waals surface area contributed by atoms with Crippen molar-refractivity contribution in [2.24, 2.45) is 0 Å². The van der Waals surface area contributed by atoms with Gasteiger partial charge in [0.15, 0.2) is 0 Å². The molecule has 0 heterocycles. The van der Waals surface area contributed by atoms with Crippen LogP contribution in [0.1, 0.15) is 28.4 Å². The lowest BCUT2D eigenvalue weighted by Gasteiger charge is -2.16. The predicted octanol–water partition coefficient (Wildman–Crippen LogP) is 5.38. The summed E-state index contributed by atoms with van der Waals surface area (Å²) in [6.07, 6.45) is 3.84. The van der Waals surface area contributed by atoms with Crippen LogP contribution in [0.5, 0.6) is 5.75 Å². The number of ether oxygens (including phenoxy) is 3. The first-order valence-electron chi connectivity index (χ1n) is 9.82. The van der Waals surface area contributed by atoms with Crippen LogP contribution in [0.4, 0.5) is 0 Å². The first-order chi connectivity index (χ1) is 14.7. The Hall–Kier alpha value is -3.37. The molecule has 0 fully saturated rings. The zero-order valence-electron chi connectivity index (χ0n) is 17.3. The fourth-order valence-corrected chi connectivity index (χ4v) is 3.07. The molecular formula is C26H26O4. The summed E-state index contributed by atoms with van der Waals surface area (Å²) in [4.78, 5) is 11.2. The SMILES string of the molecule is COC(=O)/C=C/c1ccc(C(Cc2ccc(OCc3ccccc3)cc2)OC)cc1. The van der Waals surface area contributed by atoms with Crippen molar-refractivity contribution in [2.45, 2.75) is 19.1 Å². The van der Waals surface area contributed by atoms with Gasteiger partial charge in [-0.2, -0.15) is 0 Å². The molecule has 1 atom stereocenters. The lowest BCUT2D eigenvalue weighted by molar-refractivity contribution is -0.134. The monoisotopic (exact) mass is 402 g/mol. The third-order valence-corrected chi connectivity index (χ3v) is 4.80. The molecule has 0 spiro atoms. The Morgan fingerprint density at radius 1 is 0.867 bits per heavy atom. The van der Waals surface area contributed by atoms with E-state index < -0.39 is 0 Å². The maximum absolute atomic E-state index is 11.2. The van der Waals surface area contributed by atoms with Gasteiger partial charge in [-0.25, -0.2) is 4.79 Å². The minimum Gasteiger partial charge on any atom is -0.489 e. The van der Waals surface area contributed by atoms with Crippen LogP contribution in [-0.4, -0.2) is 20.2 Å². The molecule has 0 aromatic heterocycles. The van der Waals surface area contributed by atoms with Crippen LogP contribution in [0.3, 0.4) is 0 Å². The van der Waals surface area contributed by atoms with E-state index in [4.69, 9.17) is 9.47 Å². The molecule has 0 saturated heterocycles. The van der Waals surface area contributed by atoms with Crippen LogP contribution in [0, 0.1) is 0 Å². The summed E-state index contributed by atoms with van der Waals surface area (Å²) in [5, 5.41) is 0. The summed E-state index contributed by atoms with van der Waals surface area (Å²) in [7, 11) is 3.08. The second-order valence-corrected chi connectivity index (χ2v) is 6.87. The number of hydrogen-bond donors (Lipinski definition) is 0. The van der Waals surface area contributed by atoms with Gasteiger partial charge in [0, 0.05) is 19.6 Å². The van der Waals surface area contributed by atoms with Crippen molar-refractivity contribution in [3.63, 3.8) is 0 Å². The van der Waals surface area contributed by atoms with Gasteiger partial charge in [-0.05, 0) is 40.5 Å². The van der Waals surface area contributed by atoms with Gasteiger partial charge in [-0.3, -0.25) is 0 Å². The Balaban J connectivity index is 1.58. The van der Waals surface area contributed by atoms with Gasteiger partial charge in [-0.1, -0.05) is 66.7 Å². The average molecular weight is 402 g/mol. The van der Waals surface area contributed by atoms with E-state index in [0.29, 0.717) is 6.61 Å². The summed E-state index contributed by atoms with van der Waals surface area (Å²) in [6.45, 7) is 0.553.